The Morgan fingerprint density at radius 3 is 1.72 bits per heavy atom. The minimum Gasteiger partial charge on any atom is -0.118 e. The van der Waals surface area contributed by atoms with Crippen LogP contribution in [0.25, 0.3) is 0 Å². The fourth-order valence-electron chi connectivity index (χ4n) is 2.85. The third kappa shape index (κ3) is 2.15. The standard InChI is InChI=1S/C17H17.W/c1-12(2)17-15-9-5-3-7-13(15)11-14-8-4-6-10-16(14)17;/h3-10,12H,11H2,1-2H3;/q-1;+2. The van der Waals surface area contributed by atoms with Crippen LogP contribution < -0.4 is 0 Å². The van der Waals surface area contributed by atoms with Crippen LogP contribution in [0, 0.1) is 11.8 Å². The molecule has 1 aliphatic carbocycles. The Bertz CT molecular complexity index is 497. The molecule has 1 aliphatic rings. The normalized spacial score (nSPS) is 12.7. The molecule has 18 heavy (non-hydrogen) atoms. The molecule has 0 aromatic heterocycles. The molecule has 0 saturated heterocycles. The van der Waals surface area contributed by atoms with Gasteiger partial charge in [0.1, 0.15) is 0 Å². The van der Waals surface area contributed by atoms with Gasteiger partial charge in [0, 0.05) is 0 Å². The van der Waals surface area contributed by atoms with E-state index in [4.69, 9.17) is 0 Å². The van der Waals surface area contributed by atoms with Gasteiger partial charge in [0.15, 0.2) is 0 Å². The van der Waals surface area contributed by atoms with Crippen LogP contribution in [0.1, 0.15) is 36.1 Å². The Kier molecular flexibility index (Phi) is 3.97. The molecule has 0 amide bonds. The Hall–Kier alpha value is -1.00. The van der Waals surface area contributed by atoms with Gasteiger partial charge in [0.2, 0.25) is 0 Å². The number of benzene rings is 2. The van der Waals surface area contributed by atoms with Crippen molar-refractivity contribution in [1.82, 2.24) is 0 Å². The molecule has 0 nitrogen and oxygen atoms in total. The van der Waals surface area contributed by atoms with Gasteiger partial charge in [-0.05, 0) is 5.92 Å². The zero-order chi connectivity index (χ0) is 11.8. The third-order valence-electron chi connectivity index (χ3n) is 3.57. The summed E-state index contributed by atoms with van der Waals surface area (Å²) >= 11 is 0. The summed E-state index contributed by atoms with van der Waals surface area (Å²) in [5.74, 6) is 2.07. The van der Waals surface area contributed by atoms with Crippen molar-refractivity contribution in [3.05, 3.63) is 76.7 Å². The number of rotatable bonds is 1. The van der Waals surface area contributed by atoms with Gasteiger partial charge in [-0.1, -0.05) is 56.7 Å². The maximum absolute atomic E-state index is 2.29. The first-order chi connectivity index (χ1) is 8.27. The summed E-state index contributed by atoms with van der Waals surface area (Å²) in [5, 5.41) is 0. The van der Waals surface area contributed by atoms with E-state index in [1.807, 2.05) is 0 Å². The van der Waals surface area contributed by atoms with Crippen LogP contribution in [-0.2, 0) is 27.5 Å². The van der Waals surface area contributed by atoms with E-state index in [1.165, 1.54) is 28.2 Å². The minimum atomic E-state index is 0. The van der Waals surface area contributed by atoms with Gasteiger partial charge in [0.25, 0.3) is 0 Å². The van der Waals surface area contributed by atoms with Gasteiger partial charge in [-0.25, -0.2) is 0 Å². The first kappa shape index (κ1) is 13.4. The first-order valence-electron chi connectivity index (χ1n) is 6.31. The molecule has 90 valence electrons. The van der Waals surface area contributed by atoms with Gasteiger partial charge < -0.3 is 0 Å². The SMILES string of the molecule is CC(C)[C-]1c2ccccc2Cc2ccccc21.[W+2]. The molecule has 0 fully saturated rings. The van der Waals surface area contributed by atoms with Crippen molar-refractivity contribution >= 4 is 0 Å². The Labute approximate surface area is 124 Å². The van der Waals surface area contributed by atoms with E-state index < -0.39 is 0 Å². The molecule has 0 heterocycles. The Morgan fingerprint density at radius 2 is 1.28 bits per heavy atom. The predicted molar refractivity (Wildman–Crippen MR) is 72.0 cm³/mol. The van der Waals surface area contributed by atoms with Crippen LogP contribution in [0.5, 0.6) is 0 Å². The average Bonchev–Trinajstić information content (AvgIpc) is 2.35. The molecule has 1 heteroatoms. The molecule has 2 aromatic rings. The van der Waals surface area contributed by atoms with Gasteiger partial charge in [-0.2, -0.15) is 0 Å². The third-order valence-corrected chi connectivity index (χ3v) is 3.57. The van der Waals surface area contributed by atoms with E-state index in [0.717, 1.165) is 6.42 Å². The van der Waals surface area contributed by atoms with Crippen LogP contribution in [0.15, 0.2) is 48.5 Å². The molecule has 0 radical (unpaired) electrons. The van der Waals surface area contributed by atoms with Crippen molar-refractivity contribution in [3.63, 3.8) is 0 Å². The zero-order valence-electron chi connectivity index (χ0n) is 10.8. The van der Waals surface area contributed by atoms with Crippen molar-refractivity contribution in [1.29, 1.82) is 0 Å². The fourth-order valence-corrected chi connectivity index (χ4v) is 2.85. The van der Waals surface area contributed by atoms with Crippen LogP contribution in [0.2, 0.25) is 0 Å². The number of fused-ring (bicyclic) bond motifs is 2. The van der Waals surface area contributed by atoms with Crippen LogP contribution in [-0.4, -0.2) is 0 Å². The number of hydrogen-bond donors (Lipinski definition) is 0. The van der Waals surface area contributed by atoms with E-state index in [0.29, 0.717) is 5.92 Å². The van der Waals surface area contributed by atoms with E-state index >= 15 is 0 Å². The summed E-state index contributed by atoms with van der Waals surface area (Å²) in [6.07, 6.45) is 1.07. The molecular formula is C17H17W+. The molecule has 0 saturated carbocycles. The molecule has 0 unspecified atom stereocenters. The molecule has 0 N–H and O–H groups in total. The van der Waals surface area contributed by atoms with E-state index in [-0.39, 0.29) is 21.1 Å². The summed E-state index contributed by atoms with van der Waals surface area (Å²) in [4.78, 5) is 0. The largest absolute Gasteiger partial charge is 2.00 e. The van der Waals surface area contributed by atoms with Gasteiger partial charge in [-0.3, -0.25) is 0 Å². The summed E-state index contributed by atoms with van der Waals surface area (Å²) in [5.41, 5.74) is 5.83. The van der Waals surface area contributed by atoms with E-state index in [9.17, 15) is 0 Å². The average molecular weight is 405 g/mol. The molecule has 0 spiro atoms. The Morgan fingerprint density at radius 1 is 0.833 bits per heavy atom. The monoisotopic (exact) mass is 405 g/mol. The van der Waals surface area contributed by atoms with E-state index in [1.54, 1.807) is 0 Å². The molecule has 0 bridgehead atoms. The molecule has 3 rings (SSSR count). The Balaban J connectivity index is 0.00000120. The van der Waals surface area contributed by atoms with Gasteiger partial charge in [-0.15, -0.1) is 40.3 Å². The van der Waals surface area contributed by atoms with Crippen LogP contribution in [0.3, 0.4) is 0 Å². The second-order valence-electron chi connectivity index (χ2n) is 5.06. The topological polar surface area (TPSA) is 0 Å². The second kappa shape index (κ2) is 5.32. The quantitative estimate of drug-likeness (QED) is 0.624. The second-order valence-corrected chi connectivity index (χ2v) is 5.06. The molecule has 0 aliphatic heterocycles. The number of hydrogen-bond acceptors (Lipinski definition) is 0. The summed E-state index contributed by atoms with van der Waals surface area (Å²) in [6, 6.07) is 17.6. The van der Waals surface area contributed by atoms with Crippen molar-refractivity contribution in [2.24, 2.45) is 5.92 Å². The summed E-state index contributed by atoms with van der Waals surface area (Å²) in [7, 11) is 0. The van der Waals surface area contributed by atoms with Gasteiger partial charge in [0.05, 0.1) is 0 Å². The van der Waals surface area contributed by atoms with Crippen molar-refractivity contribution < 1.29 is 21.1 Å². The van der Waals surface area contributed by atoms with Crippen molar-refractivity contribution in [2.75, 3.05) is 0 Å². The molecular weight excluding hydrogens is 388 g/mol. The first-order valence-corrected chi connectivity index (χ1v) is 6.31. The minimum absolute atomic E-state index is 0. The van der Waals surface area contributed by atoms with E-state index in [2.05, 4.69) is 62.4 Å². The molecule has 0 atom stereocenters. The summed E-state index contributed by atoms with van der Waals surface area (Å²) < 4.78 is 0. The van der Waals surface area contributed by atoms with Crippen molar-refractivity contribution in [2.45, 2.75) is 20.3 Å². The van der Waals surface area contributed by atoms with Gasteiger partial charge >= 0.3 is 21.1 Å². The maximum Gasteiger partial charge on any atom is 2.00 e. The zero-order valence-corrected chi connectivity index (χ0v) is 13.7. The fraction of sp³-hybridized carbons (Fsp3) is 0.235. The maximum atomic E-state index is 2.29. The van der Waals surface area contributed by atoms with Crippen molar-refractivity contribution in [3.8, 4) is 0 Å². The predicted octanol–water partition coefficient (Wildman–Crippen LogP) is 4.22. The smallest absolute Gasteiger partial charge is 0.118 e. The van der Waals surface area contributed by atoms with Crippen LogP contribution in [0.4, 0.5) is 0 Å². The summed E-state index contributed by atoms with van der Waals surface area (Å²) in [6.45, 7) is 4.57. The molecule has 2 aromatic carbocycles. The van der Waals surface area contributed by atoms with Crippen LogP contribution >= 0.6 is 0 Å².